The van der Waals surface area contributed by atoms with Gasteiger partial charge in [-0.2, -0.15) is 0 Å². The van der Waals surface area contributed by atoms with Crippen LogP contribution in [0.1, 0.15) is 17.3 Å². The lowest BCUT2D eigenvalue weighted by Crippen LogP contribution is -2.30. The summed E-state index contributed by atoms with van der Waals surface area (Å²) in [4.78, 5) is 24.4. The maximum atomic E-state index is 13.2. The molecule has 2 amide bonds. The molecule has 0 radical (unpaired) electrons. The minimum absolute atomic E-state index is 0.0287. The Hall–Kier alpha value is -2.45. The molecule has 1 saturated heterocycles. The fraction of sp³-hybridized carbons (Fsp3) is 0.176. The van der Waals surface area contributed by atoms with Gasteiger partial charge in [0.05, 0.1) is 27.9 Å². The number of nitrogens with one attached hydrogen (secondary N) is 1. The van der Waals surface area contributed by atoms with E-state index < -0.39 is 33.6 Å². The molecule has 1 heterocycles. The van der Waals surface area contributed by atoms with E-state index in [-0.39, 0.29) is 27.7 Å². The van der Waals surface area contributed by atoms with Gasteiger partial charge in [0.25, 0.3) is 5.91 Å². The third-order valence-electron chi connectivity index (χ3n) is 3.87. The van der Waals surface area contributed by atoms with Crippen LogP contribution in [0.25, 0.3) is 0 Å². The van der Waals surface area contributed by atoms with Crippen molar-refractivity contribution in [3.8, 4) is 0 Å². The summed E-state index contributed by atoms with van der Waals surface area (Å²) in [6, 6.07) is 9.25. The maximum Gasteiger partial charge on any atom is 0.257 e. The highest BCUT2D eigenvalue weighted by atomic mass is 35.5. The first-order valence-corrected chi connectivity index (χ1v) is 9.61. The normalized spacial score (nSPS) is 18.8. The van der Waals surface area contributed by atoms with Crippen LogP contribution in [0.15, 0.2) is 42.5 Å². The van der Waals surface area contributed by atoms with Gasteiger partial charge < -0.3 is 5.32 Å². The number of carbonyl (C=O) groups excluding carboxylic acids is 2. The molecule has 9 heteroatoms. The Labute approximate surface area is 154 Å². The molecule has 6 nitrogen and oxygen atoms in total. The minimum atomic E-state index is -3.76. The molecule has 1 unspecified atom stereocenters. The molecule has 0 bridgehead atoms. The van der Waals surface area contributed by atoms with Gasteiger partial charge in [0.2, 0.25) is 15.9 Å². The summed E-state index contributed by atoms with van der Waals surface area (Å²) in [5.74, 6) is -2.55. The fourth-order valence-electron chi connectivity index (χ4n) is 2.67. The Morgan fingerprint density at radius 3 is 2.58 bits per heavy atom. The van der Waals surface area contributed by atoms with E-state index >= 15 is 0 Å². The van der Waals surface area contributed by atoms with Gasteiger partial charge >= 0.3 is 0 Å². The highest BCUT2D eigenvalue weighted by Gasteiger charge is 2.42. The van der Waals surface area contributed by atoms with E-state index in [9.17, 15) is 22.4 Å². The molecule has 3 rings (SSSR count). The number of hydrogen-bond acceptors (Lipinski definition) is 4. The van der Waals surface area contributed by atoms with Crippen molar-refractivity contribution in [2.24, 2.45) is 5.92 Å². The summed E-state index contributed by atoms with van der Waals surface area (Å²) in [5.41, 5.74) is 0.393. The standard InChI is InChI=1S/C17H14ClFN2O4S/c1-10-9-26(24,25)21(17(10)23)13-5-6-14(15(18)8-13)16(22)20-12-4-2-3-11(19)7-12/h2-8,10H,9H2,1H3,(H,20,22). The van der Waals surface area contributed by atoms with Crippen molar-refractivity contribution >= 4 is 44.8 Å². The number of carbonyl (C=O) groups is 2. The molecule has 1 atom stereocenters. The second-order valence-electron chi connectivity index (χ2n) is 5.91. The number of hydrogen-bond donors (Lipinski definition) is 1. The van der Waals surface area contributed by atoms with Crippen LogP contribution in [0.3, 0.4) is 0 Å². The fourth-order valence-corrected chi connectivity index (χ4v) is 4.74. The Morgan fingerprint density at radius 1 is 1.27 bits per heavy atom. The molecule has 26 heavy (non-hydrogen) atoms. The van der Waals surface area contributed by atoms with Gasteiger partial charge in [-0.05, 0) is 36.4 Å². The van der Waals surface area contributed by atoms with Gasteiger partial charge in [0, 0.05) is 5.69 Å². The third-order valence-corrected chi connectivity index (χ3v) is 6.06. The zero-order valence-electron chi connectivity index (χ0n) is 13.6. The van der Waals surface area contributed by atoms with Crippen LogP contribution in [0.2, 0.25) is 5.02 Å². The number of rotatable bonds is 3. The molecular weight excluding hydrogens is 383 g/mol. The molecule has 1 aliphatic heterocycles. The third kappa shape index (κ3) is 3.42. The van der Waals surface area contributed by atoms with E-state index in [0.29, 0.717) is 4.31 Å². The highest BCUT2D eigenvalue weighted by Crippen LogP contribution is 2.31. The number of sulfonamides is 1. The van der Waals surface area contributed by atoms with Crippen LogP contribution < -0.4 is 9.62 Å². The quantitative estimate of drug-likeness (QED) is 0.864. The zero-order valence-corrected chi connectivity index (χ0v) is 15.1. The van der Waals surface area contributed by atoms with Crippen LogP contribution in [0.4, 0.5) is 15.8 Å². The number of anilines is 2. The van der Waals surface area contributed by atoms with Crippen molar-refractivity contribution in [1.29, 1.82) is 0 Å². The zero-order chi connectivity index (χ0) is 19.1. The minimum Gasteiger partial charge on any atom is -0.322 e. The summed E-state index contributed by atoms with van der Waals surface area (Å²) in [6.45, 7) is 1.53. The van der Waals surface area contributed by atoms with Crippen molar-refractivity contribution in [1.82, 2.24) is 0 Å². The Bertz CT molecular complexity index is 1010. The lowest BCUT2D eigenvalue weighted by molar-refractivity contribution is -0.119. The van der Waals surface area contributed by atoms with E-state index in [1.54, 1.807) is 0 Å². The molecule has 1 fully saturated rings. The second-order valence-corrected chi connectivity index (χ2v) is 8.18. The molecule has 0 spiro atoms. The number of nitrogens with zero attached hydrogens (tertiary/aromatic N) is 1. The molecule has 1 aliphatic rings. The highest BCUT2D eigenvalue weighted by molar-refractivity contribution is 7.94. The number of benzene rings is 2. The Balaban J connectivity index is 1.88. The number of halogens is 2. The van der Waals surface area contributed by atoms with Crippen LogP contribution in [-0.2, 0) is 14.8 Å². The average molecular weight is 397 g/mol. The van der Waals surface area contributed by atoms with Crippen LogP contribution in [0.5, 0.6) is 0 Å². The summed E-state index contributed by atoms with van der Waals surface area (Å²) in [6.07, 6.45) is 0. The molecule has 0 aliphatic carbocycles. The van der Waals surface area contributed by atoms with Gasteiger partial charge in [-0.3, -0.25) is 9.59 Å². The average Bonchev–Trinajstić information content (AvgIpc) is 2.74. The van der Waals surface area contributed by atoms with Crippen molar-refractivity contribution in [3.63, 3.8) is 0 Å². The van der Waals surface area contributed by atoms with E-state index in [0.717, 1.165) is 6.07 Å². The SMILES string of the molecule is CC1CS(=O)(=O)N(c2ccc(C(=O)Nc3cccc(F)c3)c(Cl)c2)C1=O. The summed E-state index contributed by atoms with van der Waals surface area (Å²) in [7, 11) is -3.76. The predicted molar refractivity (Wildman–Crippen MR) is 96.2 cm³/mol. The van der Waals surface area contributed by atoms with Gasteiger partial charge in [-0.1, -0.05) is 24.6 Å². The van der Waals surface area contributed by atoms with Crippen molar-refractivity contribution in [2.45, 2.75) is 6.92 Å². The van der Waals surface area contributed by atoms with Crippen LogP contribution in [-0.4, -0.2) is 26.0 Å². The van der Waals surface area contributed by atoms with Gasteiger partial charge in [-0.15, -0.1) is 0 Å². The van der Waals surface area contributed by atoms with Gasteiger partial charge in [-0.25, -0.2) is 17.1 Å². The van der Waals surface area contributed by atoms with Gasteiger partial charge in [0.1, 0.15) is 5.82 Å². The van der Waals surface area contributed by atoms with Crippen LogP contribution in [0, 0.1) is 11.7 Å². The first-order chi connectivity index (χ1) is 12.2. The lowest BCUT2D eigenvalue weighted by atomic mass is 10.1. The second kappa shape index (κ2) is 6.69. The smallest absolute Gasteiger partial charge is 0.257 e. The van der Waals surface area contributed by atoms with E-state index in [2.05, 4.69) is 5.32 Å². The summed E-state index contributed by atoms with van der Waals surface area (Å²) >= 11 is 6.11. The molecule has 2 aromatic carbocycles. The molecule has 2 aromatic rings. The monoisotopic (exact) mass is 396 g/mol. The van der Waals surface area contributed by atoms with E-state index in [1.807, 2.05) is 0 Å². The van der Waals surface area contributed by atoms with Crippen LogP contribution >= 0.6 is 11.6 Å². The maximum absolute atomic E-state index is 13.2. The summed E-state index contributed by atoms with van der Waals surface area (Å²) in [5, 5.41) is 2.47. The predicted octanol–water partition coefficient (Wildman–Crippen LogP) is 3.04. The number of amides is 2. The van der Waals surface area contributed by atoms with Crippen molar-refractivity contribution in [2.75, 3.05) is 15.4 Å². The Kier molecular flexibility index (Phi) is 4.72. The molecule has 0 aromatic heterocycles. The first-order valence-electron chi connectivity index (χ1n) is 7.62. The largest absolute Gasteiger partial charge is 0.322 e. The Morgan fingerprint density at radius 2 is 2.00 bits per heavy atom. The van der Waals surface area contributed by atoms with Crippen molar-refractivity contribution in [3.05, 3.63) is 58.9 Å². The molecular formula is C17H14ClFN2O4S. The molecule has 136 valence electrons. The topological polar surface area (TPSA) is 83.6 Å². The first kappa shape index (κ1) is 18.3. The lowest BCUT2D eigenvalue weighted by Gasteiger charge is -2.16. The summed E-state index contributed by atoms with van der Waals surface area (Å²) < 4.78 is 38.2. The molecule has 0 saturated carbocycles. The van der Waals surface area contributed by atoms with Crippen molar-refractivity contribution < 1.29 is 22.4 Å². The van der Waals surface area contributed by atoms with E-state index in [4.69, 9.17) is 11.6 Å². The molecule has 1 N–H and O–H groups in total. The van der Waals surface area contributed by atoms with Gasteiger partial charge in [0.15, 0.2) is 0 Å². The van der Waals surface area contributed by atoms with E-state index in [1.165, 1.54) is 43.3 Å².